The minimum atomic E-state index is 0.540. The second-order valence-electron chi connectivity index (χ2n) is 4.92. The molecule has 0 N–H and O–H groups in total. The quantitative estimate of drug-likeness (QED) is 0.527. The van der Waals surface area contributed by atoms with Crippen LogP contribution in [-0.4, -0.2) is 19.5 Å². The van der Waals surface area contributed by atoms with Crippen LogP contribution in [0.25, 0.3) is 28.2 Å². The molecule has 6 heteroatoms. The topological polar surface area (TPSA) is 43.6 Å². The number of hydrogen-bond acceptors (Lipinski definition) is 3. The van der Waals surface area contributed by atoms with Gasteiger partial charge in [-0.15, -0.1) is 0 Å². The molecule has 0 fully saturated rings. The Morgan fingerprint density at radius 1 is 0.870 bits per heavy atom. The van der Waals surface area contributed by atoms with Crippen molar-refractivity contribution in [3.8, 4) is 17.2 Å². The van der Waals surface area contributed by atoms with Crippen LogP contribution in [0.3, 0.4) is 0 Å². The van der Waals surface area contributed by atoms with Crippen molar-refractivity contribution in [2.45, 2.75) is 0 Å². The summed E-state index contributed by atoms with van der Waals surface area (Å²) >= 11 is 12.8. The number of fused-ring (bicyclic) bond motifs is 1. The van der Waals surface area contributed by atoms with Crippen molar-refractivity contribution in [2.24, 2.45) is 0 Å². The fraction of sp³-hybridized carbons (Fsp3) is 0. The SMILES string of the molecule is Clc1cccc(Cl)c1-c1nc2cnccc2n1-c1ccccn1. The van der Waals surface area contributed by atoms with Crippen molar-refractivity contribution in [2.75, 3.05) is 0 Å². The standard InChI is InChI=1S/C17H10Cl2N4/c18-11-4-3-5-12(19)16(11)17-22-13-10-20-9-7-14(13)23(17)15-6-1-2-8-21-15/h1-10H. The molecule has 0 amide bonds. The molecule has 1 aromatic carbocycles. The van der Waals surface area contributed by atoms with Gasteiger partial charge in [-0.1, -0.05) is 35.3 Å². The van der Waals surface area contributed by atoms with Gasteiger partial charge in [0.15, 0.2) is 0 Å². The zero-order valence-corrected chi connectivity index (χ0v) is 13.3. The normalized spacial score (nSPS) is 11.0. The van der Waals surface area contributed by atoms with Crippen molar-refractivity contribution >= 4 is 34.2 Å². The van der Waals surface area contributed by atoms with E-state index in [9.17, 15) is 0 Å². The Balaban J connectivity index is 2.12. The first-order chi connectivity index (χ1) is 11.3. The minimum absolute atomic E-state index is 0.540. The zero-order valence-electron chi connectivity index (χ0n) is 11.8. The molecule has 0 radical (unpaired) electrons. The lowest BCUT2D eigenvalue weighted by molar-refractivity contribution is 1.03. The Kier molecular flexibility index (Phi) is 3.48. The van der Waals surface area contributed by atoms with Crippen LogP contribution in [-0.2, 0) is 0 Å². The van der Waals surface area contributed by atoms with E-state index in [1.165, 1.54) is 0 Å². The molecule has 23 heavy (non-hydrogen) atoms. The first kappa shape index (κ1) is 14.2. The van der Waals surface area contributed by atoms with Gasteiger partial charge < -0.3 is 0 Å². The minimum Gasteiger partial charge on any atom is -0.276 e. The second-order valence-corrected chi connectivity index (χ2v) is 5.73. The first-order valence-corrected chi connectivity index (χ1v) is 7.69. The van der Waals surface area contributed by atoms with Crippen LogP contribution in [0.15, 0.2) is 61.1 Å². The summed E-state index contributed by atoms with van der Waals surface area (Å²) in [6.07, 6.45) is 5.17. The van der Waals surface area contributed by atoms with Crippen LogP contribution >= 0.6 is 23.2 Å². The van der Waals surface area contributed by atoms with E-state index in [2.05, 4.69) is 15.0 Å². The second kappa shape index (κ2) is 5.65. The highest BCUT2D eigenvalue weighted by Crippen LogP contribution is 2.36. The fourth-order valence-corrected chi connectivity index (χ4v) is 3.10. The molecule has 0 saturated carbocycles. The number of benzene rings is 1. The molecule has 0 spiro atoms. The largest absolute Gasteiger partial charge is 0.276 e. The van der Waals surface area contributed by atoms with Crippen LogP contribution in [0, 0.1) is 0 Å². The van der Waals surface area contributed by atoms with Crippen LogP contribution in [0.4, 0.5) is 0 Å². The fourth-order valence-electron chi connectivity index (χ4n) is 2.53. The van der Waals surface area contributed by atoms with Crippen molar-refractivity contribution in [1.82, 2.24) is 19.5 Å². The predicted octanol–water partition coefficient (Wildman–Crippen LogP) is 4.79. The summed E-state index contributed by atoms with van der Waals surface area (Å²) in [6, 6.07) is 13.0. The molecule has 3 aromatic heterocycles. The highest BCUT2D eigenvalue weighted by molar-refractivity contribution is 6.39. The molecule has 4 rings (SSSR count). The summed E-state index contributed by atoms with van der Waals surface area (Å²) in [6.45, 7) is 0. The van der Waals surface area contributed by atoms with Crippen molar-refractivity contribution < 1.29 is 0 Å². The average molecular weight is 341 g/mol. The van der Waals surface area contributed by atoms with Crippen molar-refractivity contribution in [3.05, 3.63) is 71.1 Å². The van der Waals surface area contributed by atoms with Gasteiger partial charge in [-0.3, -0.25) is 9.55 Å². The van der Waals surface area contributed by atoms with Crippen molar-refractivity contribution in [3.63, 3.8) is 0 Å². The lowest BCUT2D eigenvalue weighted by atomic mass is 10.2. The Hall–Kier alpha value is -2.43. The molecule has 0 bridgehead atoms. The third kappa shape index (κ3) is 2.36. The number of hydrogen-bond donors (Lipinski definition) is 0. The summed E-state index contributed by atoms with van der Waals surface area (Å²) in [4.78, 5) is 13.2. The number of halogens is 2. The van der Waals surface area contributed by atoms with E-state index < -0.39 is 0 Å². The molecule has 4 aromatic rings. The third-order valence-electron chi connectivity index (χ3n) is 3.52. The van der Waals surface area contributed by atoms with Crippen LogP contribution in [0.5, 0.6) is 0 Å². The van der Waals surface area contributed by atoms with E-state index in [1.807, 2.05) is 34.9 Å². The highest BCUT2D eigenvalue weighted by Gasteiger charge is 2.19. The van der Waals surface area contributed by atoms with Crippen LogP contribution in [0.2, 0.25) is 10.0 Å². The van der Waals surface area contributed by atoms with Crippen molar-refractivity contribution in [1.29, 1.82) is 0 Å². The van der Waals surface area contributed by atoms with E-state index in [0.29, 0.717) is 21.4 Å². The Bertz CT molecular complexity index is 976. The summed E-state index contributed by atoms with van der Waals surface area (Å²) in [5.41, 5.74) is 2.33. The van der Waals surface area contributed by atoms with Gasteiger partial charge in [0, 0.05) is 12.4 Å². The number of nitrogens with zero attached hydrogens (tertiary/aromatic N) is 4. The summed E-state index contributed by atoms with van der Waals surface area (Å²) in [5.74, 6) is 1.38. The monoisotopic (exact) mass is 340 g/mol. The summed E-state index contributed by atoms with van der Waals surface area (Å²) < 4.78 is 1.93. The first-order valence-electron chi connectivity index (χ1n) is 6.94. The molecule has 0 aliphatic carbocycles. The number of rotatable bonds is 2. The molecular weight excluding hydrogens is 331 g/mol. The third-order valence-corrected chi connectivity index (χ3v) is 4.15. The average Bonchev–Trinajstić information content (AvgIpc) is 2.94. The lowest BCUT2D eigenvalue weighted by Crippen LogP contribution is -2.00. The van der Waals surface area contributed by atoms with Crippen LogP contribution in [0.1, 0.15) is 0 Å². The maximum absolute atomic E-state index is 6.38. The molecular formula is C17H10Cl2N4. The molecule has 0 atom stereocenters. The molecule has 0 aliphatic heterocycles. The molecule has 112 valence electrons. The van der Waals surface area contributed by atoms with Crippen LogP contribution < -0.4 is 0 Å². The van der Waals surface area contributed by atoms with Gasteiger partial charge in [0.1, 0.15) is 17.2 Å². The van der Waals surface area contributed by atoms with E-state index in [1.54, 1.807) is 30.7 Å². The molecule has 0 unspecified atom stereocenters. The molecule has 0 aliphatic rings. The van der Waals surface area contributed by atoms with Gasteiger partial charge >= 0.3 is 0 Å². The summed E-state index contributed by atoms with van der Waals surface area (Å²) in [5, 5.41) is 1.08. The Morgan fingerprint density at radius 3 is 2.43 bits per heavy atom. The molecule has 4 nitrogen and oxygen atoms in total. The molecule has 3 heterocycles. The van der Waals surface area contributed by atoms with Gasteiger partial charge in [0.2, 0.25) is 0 Å². The van der Waals surface area contributed by atoms with E-state index in [-0.39, 0.29) is 0 Å². The zero-order chi connectivity index (χ0) is 15.8. The Labute approximate surface area is 142 Å². The van der Waals surface area contributed by atoms with Gasteiger partial charge in [0.05, 0.1) is 27.3 Å². The Morgan fingerprint density at radius 2 is 1.70 bits per heavy atom. The number of aromatic nitrogens is 4. The van der Waals surface area contributed by atoms with E-state index in [0.717, 1.165) is 16.9 Å². The smallest absolute Gasteiger partial charge is 0.150 e. The molecule has 0 saturated heterocycles. The van der Waals surface area contributed by atoms with Gasteiger partial charge in [0.25, 0.3) is 0 Å². The summed E-state index contributed by atoms with van der Waals surface area (Å²) in [7, 11) is 0. The number of imidazole rings is 1. The van der Waals surface area contributed by atoms with E-state index >= 15 is 0 Å². The highest BCUT2D eigenvalue weighted by atomic mass is 35.5. The van der Waals surface area contributed by atoms with Gasteiger partial charge in [-0.2, -0.15) is 0 Å². The van der Waals surface area contributed by atoms with E-state index in [4.69, 9.17) is 23.2 Å². The van der Waals surface area contributed by atoms with Gasteiger partial charge in [-0.05, 0) is 30.3 Å². The van der Waals surface area contributed by atoms with Gasteiger partial charge in [-0.25, -0.2) is 9.97 Å². The predicted molar refractivity (Wildman–Crippen MR) is 92.1 cm³/mol. The maximum atomic E-state index is 6.38. The lowest BCUT2D eigenvalue weighted by Gasteiger charge is -2.10. The number of pyridine rings is 2. The maximum Gasteiger partial charge on any atom is 0.150 e.